The summed E-state index contributed by atoms with van der Waals surface area (Å²) in [6.45, 7) is 0. The molecule has 0 unspecified atom stereocenters. The molecule has 2 N–H and O–H groups in total. The zero-order valence-electron chi connectivity index (χ0n) is 9.85. The van der Waals surface area contributed by atoms with E-state index in [1.165, 1.54) is 6.42 Å². The van der Waals surface area contributed by atoms with Crippen LogP contribution < -0.4 is 10.6 Å². The van der Waals surface area contributed by atoms with E-state index in [-0.39, 0.29) is 11.6 Å². The van der Waals surface area contributed by atoms with Gasteiger partial charge in [0.15, 0.2) is 0 Å². The maximum absolute atomic E-state index is 11.9. The van der Waals surface area contributed by atoms with Gasteiger partial charge in [-0.2, -0.15) is 0 Å². The Balaban J connectivity index is 2.17. The average Bonchev–Trinajstić information content (AvgIpc) is 2.32. The van der Waals surface area contributed by atoms with E-state index in [0.29, 0.717) is 5.02 Å². The SMILES string of the molecule is O=C1Nc2c(Cl)cc(I)cc2C2(CCCCC2)N1. The van der Waals surface area contributed by atoms with Crippen LogP contribution in [0.1, 0.15) is 37.7 Å². The van der Waals surface area contributed by atoms with E-state index in [1.54, 1.807) is 0 Å². The van der Waals surface area contributed by atoms with Gasteiger partial charge in [0.25, 0.3) is 0 Å². The van der Waals surface area contributed by atoms with Gasteiger partial charge in [-0.3, -0.25) is 0 Å². The third-order valence-electron chi connectivity index (χ3n) is 3.87. The van der Waals surface area contributed by atoms with E-state index in [9.17, 15) is 4.79 Å². The Hall–Kier alpha value is -0.490. The first-order valence-corrected chi connectivity index (χ1v) is 7.65. The molecule has 1 aliphatic heterocycles. The molecule has 1 aromatic rings. The fraction of sp³-hybridized carbons (Fsp3) is 0.462. The van der Waals surface area contributed by atoms with E-state index in [0.717, 1.165) is 40.5 Å². The van der Waals surface area contributed by atoms with E-state index in [2.05, 4.69) is 39.3 Å². The Bertz CT molecular complexity index is 512. The van der Waals surface area contributed by atoms with Crippen LogP contribution in [0.5, 0.6) is 0 Å². The van der Waals surface area contributed by atoms with Crippen molar-refractivity contribution in [3.8, 4) is 0 Å². The zero-order chi connectivity index (χ0) is 12.8. The van der Waals surface area contributed by atoms with E-state index >= 15 is 0 Å². The maximum atomic E-state index is 11.9. The van der Waals surface area contributed by atoms with Crippen molar-refractivity contribution in [3.63, 3.8) is 0 Å². The van der Waals surface area contributed by atoms with Crippen molar-refractivity contribution < 1.29 is 4.79 Å². The van der Waals surface area contributed by atoms with Crippen molar-refractivity contribution in [2.45, 2.75) is 37.6 Å². The van der Waals surface area contributed by atoms with Crippen LogP contribution in [0.4, 0.5) is 10.5 Å². The number of hydrogen-bond donors (Lipinski definition) is 2. The molecule has 1 fully saturated rings. The topological polar surface area (TPSA) is 41.1 Å². The summed E-state index contributed by atoms with van der Waals surface area (Å²) in [7, 11) is 0. The fourth-order valence-corrected chi connectivity index (χ4v) is 4.13. The van der Waals surface area contributed by atoms with Crippen LogP contribution in [0.3, 0.4) is 0 Å². The molecule has 0 aromatic heterocycles. The Kier molecular flexibility index (Phi) is 3.18. The minimum atomic E-state index is -0.208. The fourth-order valence-electron chi connectivity index (χ4n) is 3.06. The molecule has 0 radical (unpaired) electrons. The zero-order valence-corrected chi connectivity index (χ0v) is 12.8. The van der Waals surface area contributed by atoms with Crippen molar-refractivity contribution in [2.24, 2.45) is 0 Å². The van der Waals surface area contributed by atoms with Crippen molar-refractivity contribution in [1.82, 2.24) is 5.32 Å². The molecule has 0 atom stereocenters. The van der Waals surface area contributed by atoms with E-state index < -0.39 is 0 Å². The summed E-state index contributed by atoms with van der Waals surface area (Å²) in [4.78, 5) is 11.9. The molecule has 1 heterocycles. The summed E-state index contributed by atoms with van der Waals surface area (Å²) in [6.07, 6.45) is 5.57. The second-order valence-corrected chi connectivity index (χ2v) is 6.68. The number of rotatable bonds is 0. The molecule has 3 rings (SSSR count). The van der Waals surface area contributed by atoms with E-state index in [1.807, 2.05) is 6.07 Å². The summed E-state index contributed by atoms with van der Waals surface area (Å²) < 4.78 is 1.11. The quantitative estimate of drug-likeness (QED) is 0.653. The summed E-state index contributed by atoms with van der Waals surface area (Å²) in [5, 5.41) is 6.61. The molecule has 1 spiro atoms. The standard InChI is InChI=1S/C13H14ClIN2O/c14-10-7-8(15)6-9-11(10)16-12(18)17-13(9)4-2-1-3-5-13/h6-7H,1-5H2,(H2,16,17,18). The predicted octanol–water partition coefficient (Wildman–Crippen LogP) is 4.24. The molecule has 0 saturated heterocycles. The first-order chi connectivity index (χ1) is 8.61. The highest BCUT2D eigenvalue weighted by Crippen LogP contribution is 2.45. The Morgan fingerprint density at radius 1 is 1.22 bits per heavy atom. The van der Waals surface area contributed by atoms with Gasteiger partial charge in [0.1, 0.15) is 0 Å². The van der Waals surface area contributed by atoms with Crippen molar-refractivity contribution in [3.05, 3.63) is 26.3 Å². The van der Waals surface area contributed by atoms with Gasteiger partial charge in [0.2, 0.25) is 0 Å². The summed E-state index contributed by atoms with van der Waals surface area (Å²) in [5.74, 6) is 0. The Morgan fingerprint density at radius 3 is 2.67 bits per heavy atom. The molecule has 1 aliphatic carbocycles. The number of halogens is 2. The maximum Gasteiger partial charge on any atom is 0.319 e. The lowest BCUT2D eigenvalue weighted by molar-refractivity contribution is 0.208. The van der Waals surface area contributed by atoms with Gasteiger partial charge >= 0.3 is 6.03 Å². The van der Waals surface area contributed by atoms with Crippen LogP contribution in [0.2, 0.25) is 5.02 Å². The van der Waals surface area contributed by atoms with Gasteiger partial charge in [0.05, 0.1) is 16.2 Å². The van der Waals surface area contributed by atoms with Gasteiger partial charge in [-0.15, -0.1) is 0 Å². The molecule has 18 heavy (non-hydrogen) atoms. The first kappa shape index (κ1) is 12.5. The molecule has 96 valence electrons. The summed E-state index contributed by atoms with van der Waals surface area (Å²) in [6, 6.07) is 3.90. The van der Waals surface area contributed by atoms with Crippen LogP contribution >= 0.6 is 34.2 Å². The monoisotopic (exact) mass is 376 g/mol. The smallest absolute Gasteiger partial charge is 0.319 e. The van der Waals surface area contributed by atoms with Crippen molar-refractivity contribution in [2.75, 3.05) is 5.32 Å². The van der Waals surface area contributed by atoms with Crippen LogP contribution in [-0.2, 0) is 5.54 Å². The Labute approximate surface area is 125 Å². The number of carbonyl (C=O) groups excluding carboxylic acids is 1. The van der Waals surface area contributed by atoms with Crippen molar-refractivity contribution >= 4 is 45.9 Å². The van der Waals surface area contributed by atoms with Crippen LogP contribution in [0, 0.1) is 3.57 Å². The summed E-state index contributed by atoms with van der Waals surface area (Å²) in [5.41, 5.74) is 1.74. The highest BCUT2D eigenvalue weighted by atomic mass is 127. The number of amides is 2. The molecule has 1 saturated carbocycles. The third kappa shape index (κ3) is 1.99. The van der Waals surface area contributed by atoms with Crippen LogP contribution in [-0.4, -0.2) is 6.03 Å². The van der Waals surface area contributed by atoms with Crippen LogP contribution in [0.15, 0.2) is 12.1 Å². The first-order valence-electron chi connectivity index (χ1n) is 6.19. The number of fused-ring (bicyclic) bond motifs is 2. The highest BCUT2D eigenvalue weighted by Gasteiger charge is 2.41. The number of nitrogens with one attached hydrogen (secondary N) is 2. The number of benzene rings is 1. The van der Waals surface area contributed by atoms with Gasteiger partial charge < -0.3 is 10.6 Å². The number of anilines is 1. The second-order valence-electron chi connectivity index (χ2n) is 5.03. The molecule has 0 bridgehead atoms. The lowest BCUT2D eigenvalue weighted by Crippen LogP contribution is -2.52. The second kappa shape index (κ2) is 4.56. The summed E-state index contributed by atoms with van der Waals surface area (Å²) >= 11 is 8.54. The molecular formula is C13H14ClIN2O. The molecule has 2 amide bonds. The normalized spacial score (nSPS) is 21.1. The van der Waals surface area contributed by atoms with Crippen molar-refractivity contribution in [1.29, 1.82) is 0 Å². The third-order valence-corrected chi connectivity index (χ3v) is 4.79. The lowest BCUT2D eigenvalue weighted by Gasteiger charge is -2.43. The number of urea groups is 1. The van der Waals surface area contributed by atoms with Gasteiger partial charge in [-0.25, -0.2) is 4.79 Å². The molecule has 1 aromatic carbocycles. The van der Waals surface area contributed by atoms with Gasteiger partial charge in [-0.1, -0.05) is 30.9 Å². The van der Waals surface area contributed by atoms with E-state index in [4.69, 9.17) is 11.6 Å². The minimum absolute atomic E-state index is 0.132. The highest BCUT2D eigenvalue weighted by molar-refractivity contribution is 14.1. The lowest BCUT2D eigenvalue weighted by atomic mass is 9.75. The number of hydrogen-bond acceptors (Lipinski definition) is 1. The molecular weight excluding hydrogens is 363 g/mol. The minimum Gasteiger partial charge on any atom is -0.328 e. The predicted molar refractivity (Wildman–Crippen MR) is 81.1 cm³/mol. The Morgan fingerprint density at radius 2 is 1.94 bits per heavy atom. The van der Waals surface area contributed by atoms with Gasteiger partial charge in [0, 0.05) is 9.13 Å². The molecule has 5 heteroatoms. The molecule has 2 aliphatic rings. The largest absolute Gasteiger partial charge is 0.328 e. The average molecular weight is 377 g/mol. The van der Waals surface area contributed by atoms with Crippen LogP contribution in [0.25, 0.3) is 0 Å². The van der Waals surface area contributed by atoms with Gasteiger partial charge in [-0.05, 0) is 47.6 Å². The number of carbonyl (C=O) groups is 1. The molecule has 3 nitrogen and oxygen atoms in total.